The monoisotopic (exact) mass is 283 g/mol. The molecule has 4 heteroatoms. The summed E-state index contributed by atoms with van der Waals surface area (Å²) in [7, 11) is 3.79. The van der Waals surface area contributed by atoms with Gasteiger partial charge >= 0.3 is 0 Å². The molecule has 0 fully saturated rings. The van der Waals surface area contributed by atoms with E-state index in [0.29, 0.717) is 0 Å². The number of fused-ring (bicyclic) bond motifs is 1. The third-order valence-electron chi connectivity index (χ3n) is 4.02. The van der Waals surface area contributed by atoms with E-state index in [2.05, 4.69) is 34.0 Å². The Balaban J connectivity index is 1.83. The van der Waals surface area contributed by atoms with E-state index in [-0.39, 0.29) is 0 Å². The first kappa shape index (κ1) is 13.9. The Kier molecular flexibility index (Phi) is 4.04. The molecular formula is C17H21N3O. The molecule has 1 aliphatic rings. The van der Waals surface area contributed by atoms with Crippen LogP contribution >= 0.6 is 0 Å². The van der Waals surface area contributed by atoms with E-state index in [9.17, 15) is 0 Å². The van der Waals surface area contributed by atoms with Gasteiger partial charge in [0.05, 0.1) is 7.11 Å². The molecule has 0 atom stereocenters. The Labute approximate surface area is 125 Å². The van der Waals surface area contributed by atoms with Crippen molar-refractivity contribution in [1.82, 2.24) is 9.97 Å². The Morgan fingerprint density at radius 1 is 1.19 bits per heavy atom. The number of nitrogens with zero attached hydrogens (tertiary/aromatic N) is 3. The second-order valence-corrected chi connectivity index (χ2v) is 5.54. The lowest BCUT2D eigenvalue weighted by Gasteiger charge is -2.24. The van der Waals surface area contributed by atoms with Crippen LogP contribution in [0.2, 0.25) is 0 Å². The van der Waals surface area contributed by atoms with Crippen molar-refractivity contribution in [3.8, 4) is 5.75 Å². The fraction of sp³-hybridized carbons (Fsp3) is 0.412. The summed E-state index contributed by atoms with van der Waals surface area (Å²) in [6, 6.07) is 8.18. The number of rotatable bonds is 4. The van der Waals surface area contributed by atoms with E-state index in [1.54, 1.807) is 13.4 Å². The number of ether oxygens (including phenoxy) is 1. The maximum absolute atomic E-state index is 5.29. The summed E-state index contributed by atoms with van der Waals surface area (Å²) in [4.78, 5) is 11.2. The minimum Gasteiger partial charge on any atom is -0.497 e. The third kappa shape index (κ3) is 2.99. The zero-order valence-electron chi connectivity index (χ0n) is 12.7. The van der Waals surface area contributed by atoms with Gasteiger partial charge in [0.2, 0.25) is 0 Å². The molecule has 1 heterocycles. The molecule has 1 aliphatic carbocycles. The van der Waals surface area contributed by atoms with E-state index in [4.69, 9.17) is 4.74 Å². The van der Waals surface area contributed by atoms with Gasteiger partial charge in [-0.25, -0.2) is 9.97 Å². The summed E-state index contributed by atoms with van der Waals surface area (Å²) in [6.07, 6.45) is 6.34. The highest BCUT2D eigenvalue weighted by atomic mass is 16.5. The van der Waals surface area contributed by atoms with Crippen LogP contribution in [0.3, 0.4) is 0 Å². The molecule has 1 aromatic carbocycles. The van der Waals surface area contributed by atoms with Crippen LogP contribution in [0.4, 0.5) is 5.82 Å². The number of aryl methyl sites for hydroxylation is 1. The fourth-order valence-electron chi connectivity index (χ4n) is 2.95. The maximum atomic E-state index is 5.29. The van der Waals surface area contributed by atoms with Gasteiger partial charge in [0.15, 0.2) is 0 Å². The smallest absolute Gasteiger partial charge is 0.135 e. The van der Waals surface area contributed by atoms with Crippen molar-refractivity contribution in [2.45, 2.75) is 32.2 Å². The third-order valence-corrected chi connectivity index (χ3v) is 4.02. The van der Waals surface area contributed by atoms with E-state index in [1.807, 2.05) is 12.1 Å². The first-order valence-electron chi connectivity index (χ1n) is 7.45. The lowest BCUT2D eigenvalue weighted by Crippen LogP contribution is -2.22. The zero-order chi connectivity index (χ0) is 14.7. The van der Waals surface area contributed by atoms with Crippen LogP contribution in [0, 0.1) is 0 Å². The average Bonchev–Trinajstić information content (AvgIpc) is 2.54. The van der Waals surface area contributed by atoms with Crippen LogP contribution in [-0.2, 0) is 19.4 Å². The molecule has 2 aromatic rings. The number of methoxy groups -OCH3 is 1. The lowest BCUT2D eigenvalue weighted by molar-refractivity contribution is 0.414. The maximum Gasteiger partial charge on any atom is 0.135 e. The molecule has 21 heavy (non-hydrogen) atoms. The molecule has 0 N–H and O–H groups in total. The summed E-state index contributed by atoms with van der Waals surface area (Å²) < 4.78 is 5.29. The molecular weight excluding hydrogens is 262 g/mol. The normalized spacial score (nSPS) is 13.6. The van der Waals surface area contributed by atoms with Gasteiger partial charge in [0.25, 0.3) is 0 Å². The Bertz CT molecular complexity index is 627. The second kappa shape index (κ2) is 6.12. The van der Waals surface area contributed by atoms with Crippen molar-refractivity contribution in [3.05, 3.63) is 47.4 Å². The lowest BCUT2D eigenvalue weighted by atomic mass is 9.96. The van der Waals surface area contributed by atoms with Gasteiger partial charge in [0, 0.05) is 24.8 Å². The summed E-state index contributed by atoms with van der Waals surface area (Å²) in [5.74, 6) is 1.97. The molecule has 0 spiro atoms. The van der Waals surface area contributed by atoms with Gasteiger partial charge in [-0.3, -0.25) is 0 Å². The molecule has 0 bridgehead atoms. The van der Waals surface area contributed by atoms with Gasteiger partial charge < -0.3 is 9.64 Å². The van der Waals surface area contributed by atoms with Gasteiger partial charge in [-0.05, 0) is 43.4 Å². The van der Waals surface area contributed by atoms with E-state index in [1.165, 1.54) is 29.7 Å². The Morgan fingerprint density at radius 2 is 2.05 bits per heavy atom. The minimum atomic E-state index is 0.820. The summed E-state index contributed by atoms with van der Waals surface area (Å²) in [5.41, 5.74) is 3.78. The molecule has 0 radical (unpaired) electrons. The van der Waals surface area contributed by atoms with E-state index in [0.717, 1.165) is 31.0 Å². The molecule has 0 amide bonds. The quantitative estimate of drug-likeness (QED) is 0.864. The molecule has 0 saturated heterocycles. The van der Waals surface area contributed by atoms with E-state index < -0.39 is 0 Å². The number of benzene rings is 1. The molecule has 3 rings (SSSR count). The zero-order valence-corrected chi connectivity index (χ0v) is 12.7. The highest BCUT2D eigenvalue weighted by Gasteiger charge is 2.17. The number of anilines is 1. The van der Waals surface area contributed by atoms with Gasteiger partial charge in [-0.2, -0.15) is 0 Å². The number of hydrogen-bond donors (Lipinski definition) is 0. The van der Waals surface area contributed by atoms with Crippen molar-refractivity contribution in [3.63, 3.8) is 0 Å². The molecule has 110 valence electrons. The predicted octanol–water partition coefficient (Wildman–Crippen LogP) is 3.00. The van der Waals surface area contributed by atoms with E-state index >= 15 is 0 Å². The SMILES string of the molecule is COc1cccc(CN(C)c2ncnc3c2CCCC3)c1. The van der Waals surface area contributed by atoms with Crippen LogP contribution in [0.1, 0.15) is 29.7 Å². The van der Waals surface area contributed by atoms with Crippen LogP contribution in [0.15, 0.2) is 30.6 Å². The van der Waals surface area contributed by atoms with Crippen molar-refractivity contribution in [2.75, 3.05) is 19.1 Å². The molecule has 0 unspecified atom stereocenters. The van der Waals surface area contributed by atoms with Crippen molar-refractivity contribution in [2.24, 2.45) is 0 Å². The molecule has 0 aliphatic heterocycles. The topological polar surface area (TPSA) is 38.2 Å². The van der Waals surface area contributed by atoms with Crippen LogP contribution < -0.4 is 9.64 Å². The average molecular weight is 283 g/mol. The summed E-state index contributed by atoms with van der Waals surface area (Å²) in [5, 5.41) is 0. The van der Waals surface area contributed by atoms with Gasteiger partial charge in [-0.15, -0.1) is 0 Å². The number of aromatic nitrogens is 2. The van der Waals surface area contributed by atoms with Crippen molar-refractivity contribution in [1.29, 1.82) is 0 Å². The van der Waals surface area contributed by atoms with Crippen LogP contribution in [0.5, 0.6) is 5.75 Å². The number of hydrogen-bond acceptors (Lipinski definition) is 4. The first-order chi connectivity index (χ1) is 10.3. The second-order valence-electron chi connectivity index (χ2n) is 5.54. The predicted molar refractivity (Wildman–Crippen MR) is 83.8 cm³/mol. The molecule has 0 saturated carbocycles. The Hall–Kier alpha value is -2.10. The van der Waals surface area contributed by atoms with Crippen molar-refractivity contribution < 1.29 is 4.74 Å². The first-order valence-corrected chi connectivity index (χ1v) is 7.45. The Morgan fingerprint density at radius 3 is 2.90 bits per heavy atom. The summed E-state index contributed by atoms with van der Waals surface area (Å²) >= 11 is 0. The molecule has 4 nitrogen and oxygen atoms in total. The van der Waals surface area contributed by atoms with Gasteiger partial charge in [0.1, 0.15) is 17.9 Å². The highest BCUT2D eigenvalue weighted by Crippen LogP contribution is 2.27. The highest BCUT2D eigenvalue weighted by molar-refractivity contribution is 5.49. The largest absolute Gasteiger partial charge is 0.497 e. The molecule has 1 aromatic heterocycles. The van der Waals surface area contributed by atoms with Crippen LogP contribution in [-0.4, -0.2) is 24.1 Å². The summed E-state index contributed by atoms with van der Waals surface area (Å²) in [6.45, 7) is 0.820. The fourth-order valence-corrected chi connectivity index (χ4v) is 2.95. The van der Waals surface area contributed by atoms with Gasteiger partial charge in [-0.1, -0.05) is 12.1 Å². The van der Waals surface area contributed by atoms with Crippen molar-refractivity contribution >= 4 is 5.82 Å². The van der Waals surface area contributed by atoms with Crippen LogP contribution in [0.25, 0.3) is 0 Å². The standard InChI is InChI=1S/C17H21N3O/c1-20(11-13-6-5-7-14(10-13)21-2)17-15-8-3-4-9-16(15)18-12-19-17/h5-7,10,12H,3-4,8-9,11H2,1-2H3. The minimum absolute atomic E-state index is 0.820.